The van der Waals surface area contributed by atoms with Crippen molar-refractivity contribution in [3.63, 3.8) is 0 Å². The second kappa shape index (κ2) is 3.34. The minimum absolute atomic E-state index is 0.784. The van der Waals surface area contributed by atoms with Gasteiger partial charge in [0.25, 0.3) is 0 Å². The lowest BCUT2D eigenvalue weighted by atomic mass is 10.4. The maximum Gasteiger partial charge on any atom is 0.225 e. The normalized spacial score (nSPS) is 15.1. The highest BCUT2D eigenvalue weighted by atomic mass is 15.3. The summed E-state index contributed by atoms with van der Waals surface area (Å²) in [4.78, 5) is 14.9. The molecule has 0 bridgehead atoms. The van der Waals surface area contributed by atoms with E-state index >= 15 is 0 Å². The smallest absolute Gasteiger partial charge is 0.225 e. The molecule has 0 aliphatic carbocycles. The minimum atomic E-state index is 0.784. The molecule has 2 aromatic rings. The molecule has 3 rings (SSSR count). The largest absolute Gasteiger partial charge is 0.332 e. The van der Waals surface area contributed by atoms with Crippen LogP contribution in [0.1, 0.15) is 5.82 Å². The fourth-order valence-corrected chi connectivity index (χ4v) is 1.80. The van der Waals surface area contributed by atoms with Crippen molar-refractivity contribution in [3.05, 3.63) is 36.7 Å². The summed E-state index contributed by atoms with van der Waals surface area (Å²) in [5.74, 6) is 1.86. The number of aromatic nitrogens is 4. The van der Waals surface area contributed by atoms with E-state index < -0.39 is 0 Å². The first-order valence-corrected chi connectivity index (χ1v) is 4.95. The van der Waals surface area contributed by atoms with Gasteiger partial charge < -0.3 is 9.47 Å². The van der Waals surface area contributed by atoms with Crippen molar-refractivity contribution in [1.82, 2.24) is 19.5 Å². The van der Waals surface area contributed by atoms with Crippen molar-refractivity contribution >= 4 is 5.95 Å². The van der Waals surface area contributed by atoms with Gasteiger partial charge in [-0.25, -0.2) is 15.0 Å². The van der Waals surface area contributed by atoms with E-state index in [2.05, 4.69) is 24.4 Å². The van der Waals surface area contributed by atoms with Gasteiger partial charge in [-0.2, -0.15) is 0 Å². The lowest BCUT2D eigenvalue weighted by molar-refractivity contribution is 0.551. The number of hydrogen-bond acceptors (Lipinski definition) is 4. The van der Waals surface area contributed by atoms with Crippen molar-refractivity contribution in [2.75, 3.05) is 11.4 Å². The standard InChI is InChI=1S/C10H11N5/c1-2-12-10(13-3-1)15-7-6-14-5-4-11-9(14)8-15/h1-5H,6-8H2. The Balaban J connectivity index is 1.88. The van der Waals surface area contributed by atoms with E-state index in [-0.39, 0.29) is 0 Å². The van der Waals surface area contributed by atoms with Gasteiger partial charge in [0.1, 0.15) is 5.82 Å². The average molecular weight is 201 g/mol. The minimum Gasteiger partial charge on any atom is -0.332 e. The molecule has 0 saturated heterocycles. The molecule has 76 valence electrons. The summed E-state index contributed by atoms with van der Waals surface area (Å²) in [6, 6.07) is 1.83. The van der Waals surface area contributed by atoms with Crippen LogP contribution in [0.5, 0.6) is 0 Å². The van der Waals surface area contributed by atoms with E-state index in [0.717, 1.165) is 31.4 Å². The average Bonchev–Trinajstić information content (AvgIpc) is 2.77. The molecule has 0 fully saturated rings. The molecule has 1 aliphatic rings. The maximum atomic E-state index is 4.30. The lowest BCUT2D eigenvalue weighted by Crippen LogP contribution is -2.34. The Bertz CT molecular complexity index is 450. The third kappa shape index (κ3) is 1.45. The number of anilines is 1. The predicted octanol–water partition coefficient (Wildman–Crippen LogP) is 0.693. The molecule has 3 heterocycles. The van der Waals surface area contributed by atoms with E-state index in [0.29, 0.717) is 0 Å². The van der Waals surface area contributed by atoms with Gasteiger partial charge in [0.15, 0.2) is 0 Å². The van der Waals surface area contributed by atoms with Crippen LogP contribution in [0.25, 0.3) is 0 Å². The Morgan fingerprint density at radius 3 is 2.73 bits per heavy atom. The third-order valence-corrected chi connectivity index (χ3v) is 2.58. The molecular formula is C10H11N5. The maximum absolute atomic E-state index is 4.30. The monoisotopic (exact) mass is 201 g/mol. The molecule has 0 radical (unpaired) electrons. The number of hydrogen-bond donors (Lipinski definition) is 0. The summed E-state index contributed by atoms with van der Waals surface area (Å²) in [6.07, 6.45) is 7.38. The number of nitrogens with zero attached hydrogens (tertiary/aromatic N) is 5. The van der Waals surface area contributed by atoms with Crippen molar-refractivity contribution in [2.24, 2.45) is 0 Å². The summed E-state index contributed by atoms with van der Waals surface area (Å²) in [6.45, 7) is 2.68. The molecule has 0 amide bonds. The molecule has 0 unspecified atom stereocenters. The van der Waals surface area contributed by atoms with E-state index in [1.165, 1.54) is 0 Å². The first-order valence-electron chi connectivity index (χ1n) is 4.95. The van der Waals surface area contributed by atoms with Crippen LogP contribution in [0.2, 0.25) is 0 Å². The Hall–Kier alpha value is -1.91. The Morgan fingerprint density at radius 2 is 1.87 bits per heavy atom. The van der Waals surface area contributed by atoms with E-state index in [1.54, 1.807) is 12.4 Å². The fraction of sp³-hybridized carbons (Fsp3) is 0.300. The zero-order chi connectivity index (χ0) is 10.1. The van der Waals surface area contributed by atoms with Crippen LogP contribution < -0.4 is 4.90 Å². The van der Waals surface area contributed by atoms with Gasteiger partial charge in [0, 0.05) is 37.9 Å². The van der Waals surface area contributed by atoms with Crippen LogP contribution in [-0.4, -0.2) is 26.1 Å². The highest BCUT2D eigenvalue weighted by Gasteiger charge is 2.17. The van der Waals surface area contributed by atoms with Crippen molar-refractivity contribution < 1.29 is 0 Å². The second-order valence-corrected chi connectivity index (χ2v) is 3.51. The summed E-state index contributed by atoms with van der Waals surface area (Å²) in [7, 11) is 0. The molecule has 5 nitrogen and oxygen atoms in total. The summed E-state index contributed by atoms with van der Waals surface area (Å²) in [5, 5.41) is 0. The number of imidazole rings is 1. The topological polar surface area (TPSA) is 46.8 Å². The van der Waals surface area contributed by atoms with E-state index in [1.807, 2.05) is 18.5 Å². The molecule has 0 saturated carbocycles. The fourth-order valence-electron chi connectivity index (χ4n) is 1.80. The first-order chi connectivity index (χ1) is 7.43. The second-order valence-electron chi connectivity index (χ2n) is 3.51. The summed E-state index contributed by atoms with van der Waals surface area (Å²) < 4.78 is 2.17. The summed E-state index contributed by atoms with van der Waals surface area (Å²) >= 11 is 0. The van der Waals surface area contributed by atoms with Crippen molar-refractivity contribution in [3.8, 4) is 0 Å². The van der Waals surface area contributed by atoms with E-state index in [4.69, 9.17) is 0 Å². The van der Waals surface area contributed by atoms with Crippen LogP contribution in [0.3, 0.4) is 0 Å². The van der Waals surface area contributed by atoms with E-state index in [9.17, 15) is 0 Å². The molecule has 5 heteroatoms. The van der Waals surface area contributed by atoms with Gasteiger partial charge in [-0.3, -0.25) is 0 Å². The molecule has 0 N–H and O–H groups in total. The predicted molar refractivity (Wildman–Crippen MR) is 55.3 cm³/mol. The Labute approximate surface area is 87.4 Å². The first kappa shape index (κ1) is 8.40. The molecule has 0 spiro atoms. The number of fused-ring (bicyclic) bond motifs is 1. The van der Waals surface area contributed by atoms with Gasteiger partial charge in [-0.05, 0) is 6.07 Å². The van der Waals surface area contributed by atoms with Crippen molar-refractivity contribution in [1.29, 1.82) is 0 Å². The van der Waals surface area contributed by atoms with Crippen LogP contribution >= 0.6 is 0 Å². The summed E-state index contributed by atoms with van der Waals surface area (Å²) in [5.41, 5.74) is 0. The van der Waals surface area contributed by atoms with Crippen LogP contribution in [0.4, 0.5) is 5.95 Å². The van der Waals surface area contributed by atoms with Gasteiger partial charge >= 0.3 is 0 Å². The zero-order valence-corrected chi connectivity index (χ0v) is 8.24. The number of rotatable bonds is 1. The van der Waals surface area contributed by atoms with Gasteiger partial charge in [-0.1, -0.05) is 0 Å². The van der Waals surface area contributed by atoms with Gasteiger partial charge in [0.05, 0.1) is 6.54 Å². The third-order valence-electron chi connectivity index (χ3n) is 2.58. The zero-order valence-electron chi connectivity index (χ0n) is 8.24. The molecule has 1 aliphatic heterocycles. The highest BCUT2D eigenvalue weighted by molar-refractivity contribution is 5.30. The highest BCUT2D eigenvalue weighted by Crippen LogP contribution is 2.14. The quantitative estimate of drug-likeness (QED) is 0.681. The molecular weight excluding hydrogens is 190 g/mol. The Kier molecular flexibility index (Phi) is 1.87. The van der Waals surface area contributed by atoms with Crippen LogP contribution in [0.15, 0.2) is 30.9 Å². The Morgan fingerprint density at radius 1 is 1.00 bits per heavy atom. The SMILES string of the molecule is c1cnc(N2CCn3ccnc3C2)nc1. The molecule has 0 aromatic carbocycles. The van der Waals surface area contributed by atoms with Crippen LogP contribution in [-0.2, 0) is 13.1 Å². The molecule has 2 aromatic heterocycles. The van der Waals surface area contributed by atoms with Gasteiger partial charge in [-0.15, -0.1) is 0 Å². The molecule has 15 heavy (non-hydrogen) atoms. The van der Waals surface area contributed by atoms with Crippen LogP contribution in [0, 0.1) is 0 Å². The van der Waals surface area contributed by atoms with Crippen molar-refractivity contribution in [2.45, 2.75) is 13.1 Å². The lowest BCUT2D eigenvalue weighted by Gasteiger charge is -2.27. The van der Waals surface area contributed by atoms with Gasteiger partial charge in [0.2, 0.25) is 5.95 Å². The molecule has 0 atom stereocenters.